The predicted octanol–water partition coefficient (Wildman–Crippen LogP) is 6.53. The highest BCUT2D eigenvalue weighted by Gasteiger charge is 2.06. The van der Waals surface area contributed by atoms with Gasteiger partial charge < -0.3 is 9.80 Å². The Balaban J connectivity index is 1.98. The van der Waals surface area contributed by atoms with E-state index in [1.165, 1.54) is 48.2 Å². The van der Waals surface area contributed by atoms with E-state index in [1.807, 2.05) is 0 Å². The lowest BCUT2D eigenvalue weighted by molar-refractivity contribution is 0.732. The zero-order valence-electron chi connectivity index (χ0n) is 17.9. The first-order valence-electron chi connectivity index (χ1n) is 10.9. The Kier molecular flexibility index (Phi) is 9.24. The van der Waals surface area contributed by atoms with Crippen molar-refractivity contribution in [1.29, 1.82) is 0 Å². The average Bonchev–Trinajstić information content (AvgIpc) is 2.71. The Labute approximate surface area is 167 Å². The van der Waals surface area contributed by atoms with Gasteiger partial charge in [0.25, 0.3) is 0 Å². The molecule has 0 N–H and O–H groups in total. The molecule has 0 saturated heterocycles. The molecule has 0 heterocycles. The molecule has 2 aromatic carbocycles. The van der Waals surface area contributed by atoms with E-state index in [4.69, 9.17) is 0 Å². The van der Waals surface area contributed by atoms with E-state index in [0.717, 1.165) is 32.6 Å². The monoisotopic (exact) mass is 366 g/mol. The molecule has 2 nitrogen and oxygen atoms in total. The van der Waals surface area contributed by atoms with Crippen molar-refractivity contribution in [2.45, 2.75) is 59.8 Å². The molecule has 2 rings (SSSR count). The van der Waals surface area contributed by atoms with E-state index in [9.17, 15) is 0 Å². The van der Waals surface area contributed by atoms with Gasteiger partial charge in [0.05, 0.1) is 0 Å². The van der Waals surface area contributed by atoms with Crippen molar-refractivity contribution in [3.63, 3.8) is 0 Å². The summed E-state index contributed by atoms with van der Waals surface area (Å²) in [6.45, 7) is 13.5. The Morgan fingerprint density at radius 3 is 1.22 bits per heavy atom. The minimum Gasteiger partial charge on any atom is -0.372 e. The maximum atomic E-state index is 2.47. The molecule has 0 aromatic heterocycles. The molecule has 0 spiro atoms. The molecule has 0 aliphatic heterocycles. The van der Waals surface area contributed by atoms with Crippen LogP contribution in [0.5, 0.6) is 0 Å². The Morgan fingerprint density at radius 1 is 0.556 bits per heavy atom. The van der Waals surface area contributed by atoms with Crippen LogP contribution in [0.15, 0.2) is 48.5 Å². The molecule has 0 saturated carbocycles. The molecule has 2 heteroatoms. The SMILES string of the molecule is CCCCN(CC)c1ccc(Cc2ccc(N(CC)CCCC)cc2)cc1. The second-order valence-electron chi connectivity index (χ2n) is 7.38. The van der Waals surface area contributed by atoms with Crippen LogP contribution >= 0.6 is 0 Å². The molecular weight excluding hydrogens is 328 g/mol. The summed E-state index contributed by atoms with van der Waals surface area (Å²) in [7, 11) is 0. The molecule has 0 amide bonds. The third-order valence-electron chi connectivity index (χ3n) is 5.34. The van der Waals surface area contributed by atoms with E-state index < -0.39 is 0 Å². The Hall–Kier alpha value is -1.96. The summed E-state index contributed by atoms with van der Waals surface area (Å²) < 4.78 is 0. The van der Waals surface area contributed by atoms with Crippen molar-refractivity contribution >= 4 is 11.4 Å². The maximum Gasteiger partial charge on any atom is 0.0366 e. The fourth-order valence-electron chi connectivity index (χ4n) is 3.52. The molecular formula is C25H38N2. The van der Waals surface area contributed by atoms with Crippen molar-refractivity contribution < 1.29 is 0 Å². The summed E-state index contributed by atoms with van der Waals surface area (Å²) in [5, 5.41) is 0. The lowest BCUT2D eigenvalue weighted by Gasteiger charge is -2.23. The first-order chi connectivity index (χ1) is 13.2. The van der Waals surface area contributed by atoms with E-state index in [1.54, 1.807) is 0 Å². The highest BCUT2D eigenvalue weighted by Crippen LogP contribution is 2.20. The lowest BCUT2D eigenvalue weighted by atomic mass is 10.0. The van der Waals surface area contributed by atoms with Gasteiger partial charge in [0.1, 0.15) is 0 Å². The zero-order chi connectivity index (χ0) is 19.5. The molecule has 0 aliphatic rings. The molecule has 148 valence electrons. The highest BCUT2D eigenvalue weighted by molar-refractivity contribution is 5.50. The molecule has 0 unspecified atom stereocenters. The van der Waals surface area contributed by atoms with Gasteiger partial charge in [-0.2, -0.15) is 0 Å². The Morgan fingerprint density at radius 2 is 0.926 bits per heavy atom. The van der Waals surface area contributed by atoms with E-state index >= 15 is 0 Å². The quantitative estimate of drug-likeness (QED) is 0.421. The standard InChI is InChI=1S/C25H38N2/c1-5-9-19-26(7-3)24-15-11-22(12-16-24)21-23-13-17-25(18-14-23)27(8-4)20-10-6-2/h11-18H,5-10,19-21H2,1-4H3. The van der Waals surface area contributed by atoms with Crippen molar-refractivity contribution in [3.05, 3.63) is 59.7 Å². The molecule has 0 radical (unpaired) electrons. The number of unbranched alkanes of at least 4 members (excludes halogenated alkanes) is 2. The van der Waals surface area contributed by atoms with Crippen molar-refractivity contribution in [2.24, 2.45) is 0 Å². The fraction of sp³-hybridized carbons (Fsp3) is 0.520. The lowest BCUT2D eigenvalue weighted by Crippen LogP contribution is -2.23. The molecule has 0 bridgehead atoms. The number of hydrogen-bond acceptors (Lipinski definition) is 2. The van der Waals surface area contributed by atoms with Gasteiger partial charge in [-0.15, -0.1) is 0 Å². The van der Waals surface area contributed by atoms with Crippen LogP contribution in [0.4, 0.5) is 11.4 Å². The van der Waals surface area contributed by atoms with E-state index in [2.05, 4.69) is 86.0 Å². The number of benzene rings is 2. The van der Waals surface area contributed by atoms with Crippen LogP contribution in [0.25, 0.3) is 0 Å². The zero-order valence-corrected chi connectivity index (χ0v) is 17.9. The van der Waals surface area contributed by atoms with Crippen LogP contribution in [0.3, 0.4) is 0 Å². The highest BCUT2D eigenvalue weighted by atomic mass is 15.1. The minimum atomic E-state index is 1.00. The normalized spacial score (nSPS) is 10.8. The summed E-state index contributed by atoms with van der Waals surface area (Å²) in [5.74, 6) is 0. The van der Waals surface area contributed by atoms with E-state index in [0.29, 0.717) is 0 Å². The smallest absolute Gasteiger partial charge is 0.0366 e. The number of anilines is 2. The average molecular weight is 367 g/mol. The van der Waals surface area contributed by atoms with Crippen LogP contribution in [-0.4, -0.2) is 26.2 Å². The van der Waals surface area contributed by atoms with Gasteiger partial charge in [-0.3, -0.25) is 0 Å². The fourth-order valence-corrected chi connectivity index (χ4v) is 3.52. The van der Waals surface area contributed by atoms with Gasteiger partial charge in [0.2, 0.25) is 0 Å². The second kappa shape index (κ2) is 11.7. The van der Waals surface area contributed by atoms with E-state index in [-0.39, 0.29) is 0 Å². The molecule has 0 atom stereocenters. The van der Waals surface area contributed by atoms with Gasteiger partial charge in [-0.1, -0.05) is 51.0 Å². The summed E-state index contributed by atoms with van der Waals surface area (Å²) >= 11 is 0. The summed E-state index contributed by atoms with van der Waals surface area (Å²) in [6, 6.07) is 18.3. The topological polar surface area (TPSA) is 6.48 Å². The molecule has 27 heavy (non-hydrogen) atoms. The summed E-state index contributed by atoms with van der Waals surface area (Å²) in [6.07, 6.45) is 6.02. The summed E-state index contributed by atoms with van der Waals surface area (Å²) in [5.41, 5.74) is 5.46. The number of rotatable bonds is 12. The first-order valence-corrected chi connectivity index (χ1v) is 10.9. The van der Waals surface area contributed by atoms with Gasteiger partial charge in [-0.05, 0) is 68.5 Å². The minimum absolute atomic E-state index is 1.00. The largest absolute Gasteiger partial charge is 0.372 e. The first kappa shape index (κ1) is 21.3. The molecule has 2 aromatic rings. The van der Waals surface area contributed by atoms with Gasteiger partial charge in [-0.25, -0.2) is 0 Å². The predicted molar refractivity (Wildman–Crippen MR) is 121 cm³/mol. The van der Waals surface area contributed by atoms with Crippen LogP contribution in [0, 0.1) is 0 Å². The van der Waals surface area contributed by atoms with Crippen LogP contribution in [0.2, 0.25) is 0 Å². The number of nitrogens with zero attached hydrogens (tertiary/aromatic N) is 2. The van der Waals surface area contributed by atoms with Gasteiger partial charge >= 0.3 is 0 Å². The van der Waals surface area contributed by atoms with Crippen LogP contribution < -0.4 is 9.80 Å². The summed E-state index contributed by atoms with van der Waals surface area (Å²) in [4.78, 5) is 4.94. The van der Waals surface area contributed by atoms with Gasteiger partial charge in [0.15, 0.2) is 0 Å². The molecule has 0 aliphatic carbocycles. The third kappa shape index (κ3) is 6.61. The van der Waals surface area contributed by atoms with Gasteiger partial charge in [0, 0.05) is 37.6 Å². The third-order valence-corrected chi connectivity index (χ3v) is 5.34. The van der Waals surface area contributed by atoms with Crippen molar-refractivity contribution in [3.8, 4) is 0 Å². The van der Waals surface area contributed by atoms with Crippen molar-refractivity contribution in [1.82, 2.24) is 0 Å². The van der Waals surface area contributed by atoms with Crippen molar-refractivity contribution in [2.75, 3.05) is 36.0 Å². The maximum absolute atomic E-state index is 2.47. The van der Waals surface area contributed by atoms with Crippen LogP contribution in [-0.2, 0) is 6.42 Å². The molecule has 0 fully saturated rings. The number of hydrogen-bond donors (Lipinski definition) is 0. The van der Waals surface area contributed by atoms with Crippen LogP contribution in [0.1, 0.15) is 64.5 Å². The Bertz CT molecular complexity index is 573. The second-order valence-corrected chi connectivity index (χ2v) is 7.38.